The van der Waals surface area contributed by atoms with Gasteiger partial charge in [0.25, 0.3) is 0 Å². The molecule has 1 aromatic carbocycles. The van der Waals surface area contributed by atoms with Crippen LogP contribution in [0.5, 0.6) is 0 Å². The number of carbonyl (C=O) groups is 1. The first-order valence-electron chi connectivity index (χ1n) is 15.2. The van der Waals surface area contributed by atoms with E-state index < -0.39 is 0 Å². The van der Waals surface area contributed by atoms with Crippen molar-refractivity contribution in [3.05, 3.63) is 29.3 Å². The van der Waals surface area contributed by atoms with E-state index in [1.165, 1.54) is 81.0 Å². The largest absolute Gasteiger partial charge is 0.312 e. The molecule has 1 aliphatic heterocycles. The predicted octanol–water partition coefficient (Wildman–Crippen LogP) is 8.35. The highest BCUT2D eigenvalue weighted by Gasteiger charge is 2.60. The van der Waals surface area contributed by atoms with Crippen LogP contribution in [0, 0.1) is 53.3 Å². The third-order valence-corrected chi connectivity index (χ3v) is 12.6. The van der Waals surface area contributed by atoms with Gasteiger partial charge in [0.1, 0.15) is 0 Å². The third kappa shape index (κ3) is 3.83. The first-order chi connectivity index (χ1) is 16.8. The monoisotopic (exact) mass is 475 g/mol. The molecule has 5 aliphatic rings. The van der Waals surface area contributed by atoms with Crippen LogP contribution in [0.25, 0.3) is 0 Å². The van der Waals surface area contributed by atoms with Crippen molar-refractivity contribution < 1.29 is 4.79 Å². The lowest BCUT2D eigenvalue weighted by Gasteiger charge is -2.61. The summed E-state index contributed by atoms with van der Waals surface area (Å²) in [5.74, 6) is 5.76. The van der Waals surface area contributed by atoms with Crippen LogP contribution < -0.4 is 4.90 Å². The van der Waals surface area contributed by atoms with Crippen molar-refractivity contribution in [2.24, 2.45) is 46.3 Å². The van der Waals surface area contributed by atoms with E-state index in [-0.39, 0.29) is 0 Å². The quantitative estimate of drug-likeness (QED) is 0.428. The summed E-state index contributed by atoms with van der Waals surface area (Å²) < 4.78 is 0. The van der Waals surface area contributed by atoms with E-state index in [0.29, 0.717) is 22.7 Å². The molecule has 0 bridgehead atoms. The molecule has 0 saturated heterocycles. The zero-order valence-electron chi connectivity index (χ0n) is 23.0. The Morgan fingerprint density at radius 1 is 1.00 bits per heavy atom. The molecule has 4 aliphatic carbocycles. The van der Waals surface area contributed by atoms with Gasteiger partial charge in [0.05, 0.1) is 0 Å². The summed E-state index contributed by atoms with van der Waals surface area (Å²) >= 11 is 0. The summed E-state index contributed by atoms with van der Waals surface area (Å²) in [5, 5.41) is 0. The van der Waals surface area contributed by atoms with Crippen LogP contribution in [-0.2, 0) is 11.2 Å². The zero-order valence-corrected chi connectivity index (χ0v) is 23.0. The molecular formula is C33H49NO. The van der Waals surface area contributed by atoms with Crippen LogP contribution >= 0.6 is 0 Å². The van der Waals surface area contributed by atoms with Crippen molar-refractivity contribution in [2.45, 2.75) is 111 Å². The molecule has 2 heteroatoms. The lowest BCUT2D eigenvalue weighted by Crippen LogP contribution is -2.53. The number of rotatable bonds is 4. The van der Waals surface area contributed by atoms with Gasteiger partial charge in [-0.2, -0.15) is 0 Å². The molecule has 0 N–H and O–H groups in total. The minimum absolute atomic E-state index is 0.353. The first kappa shape index (κ1) is 24.1. The second kappa shape index (κ2) is 8.91. The van der Waals surface area contributed by atoms with Gasteiger partial charge in [0.15, 0.2) is 0 Å². The smallest absolute Gasteiger partial charge is 0.227 e. The molecule has 35 heavy (non-hydrogen) atoms. The van der Waals surface area contributed by atoms with Crippen LogP contribution in [-0.4, -0.2) is 12.5 Å². The van der Waals surface area contributed by atoms with Gasteiger partial charge in [-0.15, -0.1) is 0 Å². The number of carbonyl (C=O) groups excluding carboxylic acids is 1. The highest BCUT2D eigenvalue weighted by atomic mass is 16.2. The SMILES string of the molecule is Cc1ccc2c(c1)CCN2C(=O)CC[C@@H](C)[C@H]1CCC2C3CCC4CCCCC4(C)C3CCC21C. The fraction of sp³-hybridized carbons (Fsp3) is 0.788. The van der Waals surface area contributed by atoms with Crippen molar-refractivity contribution in [3.63, 3.8) is 0 Å². The van der Waals surface area contributed by atoms with E-state index in [0.717, 1.165) is 55.4 Å². The van der Waals surface area contributed by atoms with Gasteiger partial charge in [0.2, 0.25) is 5.91 Å². The molecule has 8 atom stereocenters. The lowest BCUT2D eigenvalue weighted by molar-refractivity contribution is -0.120. The Balaban J connectivity index is 1.11. The van der Waals surface area contributed by atoms with Crippen LogP contribution in [0.15, 0.2) is 18.2 Å². The highest BCUT2D eigenvalue weighted by molar-refractivity contribution is 5.95. The minimum Gasteiger partial charge on any atom is -0.312 e. The molecule has 6 rings (SSSR count). The van der Waals surface area contributed by atoms with Gasteiger partial charge < -0.3 is 4.90 Å². The number of nitrogens with zero attached hydrogens (tertiary/aromatic N) is 1. The predicted molar refractivity (Wildman–Crippen MR) is 145 cm³/mol. The number of aryl methyl sites for hydroxylation is 1. The number of anilines is 1. The van der Waals surface area contributed by atoms with Crippen LogP contribution in [0.3, 0.4) is 0 Å². The summed E-state index contributed by atoms with van der Waals surface area (Å²) in [6.07, 6.45) is 17.6. The van der Waals surface area contributed by atoms with Crippen molar-refractivity contribution >= 4 is 11.6 Å². The molecule has 1 heterocycles. The molecular weight excluding hydrogens is 426 g/mol. The number of fused-ring (bicyclic) bond motifs is 6. The second-order valence-corrected chi connectivity index (χ2v) is 14.1. The van der Waals surface area contributed by atoms with Gasteiger partial charge in [0, 0.05) is 18.7 Å². The molecule has 1 aromatic rings. The van der Waals surface area contributed by atoms with Crippen molar-refractivity contribution in [3.8, 4) is 0 Å². The van der Waals surface area contributed by atoms with Gasteiger partial charge in [-0.3, -0.25) is 4.79 Å². The average Bonchev–Trinajstić information content (AvgIpc) is 3.42. The summed E-state index contributed by atoms with van der Waals surface area (Å²) in [5.41, 5.74) is 4.99. The topological polar surface area (TPSA) is 20.3 Å². The van der Waals surface area contributed by atoms with Crippen molar-refractivity contribution in [1.29, 1.82) is 0 Å². The number of hydrogen-bond acceptors (Lipinski definition) is 1. The molecule has 0 radical (unpaired) electrons. The Kier molecular flexibility index (Phi) is 6.12. The second-order valence-electron chi connectivity index (χ2n) is 14.1. The molecule has 0 spiro atoms. The van der Waals surface area contributed by atoms with Gasteiger partial charge >= 0.3 is 0 Å². The van der Waals surface area contributed by atoms with E-state index in [4.69, 9.17) is 0 Å². The Hall–Kier alpha value is -1.31. The summed E-state index contributed by atoms with van der Waals surface area (Å²) in [4.78, 5) is 15.3. The van der Waals surface area contributed by atoms with E-state index in [1.54, 1.807) is 0 Å². The molecule has 6 unspecified atom stereocenters. The Labute approximate surface area is 214 Å². The minimum atomic E-state index is 0.353. The van der Waals surface area contributed by atoms with Gasteiger partial charge in [-0.25, -0.2) is 0 Å². The number of amides is 1. The maximum absolute atomic E-state index is 13.3. The van der Waals surface area contributed by atoms with Gasteiger partial charge in [-0.05, 0) is 129 Å². The molecule has 2 nitrogen and oxygen atoms in total. The van der Waals surface area contributed by atoms with E-state index in [2.05, 4.69) is 50.8 Å². The Morgan fingerprint density at radius 3 is 2.69 bits per heavy atom. The average molecular weight is 476 g/mol. The van der Waals surface area contributed by atoms with Crippen molar-refractivity contribution in [2.75, 3.05) is 11.4 Å². The fourth-order valence-electron chi connectivity index (χ4n) is 10.7. The van der Waals surface area contributed by atoms with Crippen LogP contribution in [0.4, 0.5) is 5.69 Å². The van der Waals surface area contributed by atoms with Crippen LogP contribution in [0.2, 0.25) is 0 Å². The maximum atomic E-state index is 13.3. The normalized spacial score (nSPS) is 41.0. The lowest BCUT2D eigenvalue weighted by atomic mass is 9.44. The highest BCUT2D eigenvalue weighted by Crippen LogP contribution is 2.68. The molecule has 4 saturated carbocycles. The first-order valence-corrected chi connectivity index (χ1v) is 15.2. The molecule has 0 aromatic heterocycles. The number of hydrogen-bond donors (Lipinski definition) is 0. The standard InChI is InChI=1S/C33H49NO/c1-22-8-14-30-24(21-22)17-20-34(30)31(35)15-9-23(2)27-12-13-28-26-11-10-25-7-5-6-18-32(25,3)29(26)16-19-33(27,28)4/h8,14,21,23,25-29H,5-7,9-13,15-20H2,1-4H3/t23-,25?,26?,27-,28?,29?,32?,33?/m1/s1. The Morgan fingerprint density at radius 2 is 1.83 bits per heavy atom. The Bertz CT molecular complexity index is 968. The summed E-state index contributed by atoms with van der Waals surface area (Å²) in [6, 6.07) is 6.59. The van der Waals surface area contributed by atoms with E-state index in [1.807, 2.05) is 0 Å². The summed E-state index contributed by atoms with van der Waals surface area (Å²) in [7, 11) is 0. The molecule has 1 amide bonds. The zero-order chi connectivity index (χ0) is 24.4. The fourth-order valence-corrected chi connectivity index (χ4v) is 10.7. The maximum Gasteiger partial charge on any atom is 0.227 e. The van der Waals surface area contributed by atoms with E-state index in [9.17, 15) is 4.79 Å². The van der Waals surface area contributed by atoms with Crippen molar-refractivity contribution in [1.82, 2.24) is 0 Å². The third-order valence-electron chi connectivity index (χ3n) is 12.6. The molecule has 192 valence electrons. The van der Waals surface area contributed by atoms with E-state index >= 15 is 0 Å². The molecule has 4 fully saturated rings. The summed E-state index contributed by atoms with van der Waals surface area (Å²) in [6.45, 7) is 10.9. The van der Waals surface area contributed by atoms with Crippen LogP contribution in [0.1, 0.15) is 109 Å². The number of benzene rings is 1. The van der Waals surface area contributed by atoms with Gasteiger partial charge in [-0.1, -0.05) is 51.3 Å².